The van der Waals surface area contributed by atoms with E-state index in [1.807, 2.05) is 60.7 Å². The molecule has 330 valence electrons. The first kappa shape index (κ1) is 47.6. The fourth-order valence-corrected chi connectivity index (χ4v) is 6.40. The van der Waals surface area contributed by atoms with Gasteiger partial charge in [0.2, 0.25) is 35.4 Å². The van der Waals surface area contributed by atoms with Crippen molar-refractivity contribution in [2.24, 2.45) is 33.7 Å². The first-order valence-electron chi connectivity index (χ1n) is 19.8. The Bertz CT molecular complexity index is 2370. The number of aliphatic imine (C=N–C) groups is 1. The van der Waals surface area contributed by atoms with Crippen molar-refractivity contribution in [3.05, 3.63) is 115 Å². The number of anilines is 2. The molecule has 4 rings (SSSR count). The van der Waals surface area contributed by atoms with Crippen LogP contribution < -0.4 is 55.3 Å². The molecule has 19 heteroatoms. The number of benzene rings is 3. The van der Waals surface area contributed by atoms with Gasteiger partial charge in [-0.05, 0) is 55.5 Å². The number of hydrogen-bond acceptors (Lipinski definition) is 10. The summed E-state index contributed by atoms with van der Waals surface area (Å²) in [7, 11) is 0. The minimum absolute atomic E-state index is 0.0640. The Morgan fingerprint density at radius 3 is 1.84 bits per heavy atom. The predicted molar refractivity (Wildman–Crippen MR) is 239 cm³/mol. The van der Waals surface area contributed by atoms with Crippen LogP contribution in [0.5, 0.6) is 0 Å². The van der Waals surface area contributed by atoms with E-state index in [0.717, 1.165) is 16.8 Å². The van der Waals surface area contributed by atoms with Crippen molar-refractivity contribution in [2.45, 2.75) is 62.7 Å². The van der Waals surface area contributed by atoms with Crippen molar-refractivity contribution in [3.8, 4) is 11.3 Å². The van der Waals surface area contributed by atoms with E-state index >= 15 is 0 Å². The lowest BCUT2D eigenvalue weighted by Crippen LogP contribution is -2.59. The maximum Gasteiger partial charge on any atom is 0.254 e. The normalized spacial score (nSPS) is 12.6. The van der Waals surface area contributed by atoms with Gasteiger partial charge in [0.05, 0.1) is 35.3 Å². The van der Waals surface area contributed by atoms with E-state index in [1.54, 1.807) is 24.3 Å². The monoisotopic (exact) mass is 860 g/mol. The lowest BCUT2D eigenvalue weighted by atomic mass is 10.0. The summed E-state index contributed by atoms with van der Waals surface area (Å²) in [5.41, 5.74) is 31.3. The van der Waals surface area contributed by atoms with E-state index in [2.05, 4.69) is 44.7 Å². The van der Waals surface area contributed by atoms with Crippen LogP contribution in [0.4, 0.5) is 11.4 Å². The average Bonchev–Trinajstić information content (AvgIpc) is 3.24. The van der Waals surface area contributed by atoms with Gasteiger partial charge in [0, 0.05) is 23.2 Å². The number of pyridine rings is 1. The summed E-state index contributed by atoms with van der Waals surface area (Å²) in [6.45, 7) is 7.37. The minimum atomic E-state index is -1.72. The third-order valence-electron chi connectivity index (χ3n) is 9.47. The first-order valence-corrected chi connectivity index (χ1v) is 19.8. The van der Waals surface area contributed by atoms with Crippen LogP contribution in [0, 0.1) is 0 Å². The Hall–Kier alpha value is -8.09. The molecule has 63 heavy (non-hydrogen) atoms. The number of aromatic nitrogens is 1. The zero-order chi connectivity index (χ0) is 46.1. The third-order valence-corrected chi connectivity index (χ3v) is 9.47. The maximum atomic E-state index is 14.3. The van der Waals surface area contributed by atoms with E-state index in [4.69, 9.17) is 33.7 Å². The quantitative estimate of drug-likeness (QED) is 0.0203. The fourth-order valence-electron chi connectivity index (χ4n) is 6.40. The number of nitrogens with zero attached hydrogens (tertiary/aromatic N) is 2. The summed E-state index contributed by atoms with van der Waals surface area (Å²) in [5, 5.41) is 13.8. The van der Waals surface area contributed by atoms with Gasteiger partial charge < -0.3 is 55.3 Å². The van der Waals surface area contributed by atoms with Crippen LogP contribution in [0.2, 0.25) is 0 Å². The molecule has 1 heterocycles. The molecule has 3 aromatic carbocycles. The number of rotatable bonds is 24. The van der Waals surface area contributed by atoms with E-state index in [-0.39, 0.29) is 37.3 Å². The Labute approximate surface area is 363 Å². The molecule has 1 aromatic heterocycles. The number of allylic oxidation sites excluding steroid dienone is 1. The van der Waals surface area contributed by atoms with Crippen molar-refractivity contribution in [1.29, 1.82) is 0 Å². The van der Waals surface area contributed by atoms with E-state index < -0.39 is 78.4 Å². The number of guanidine groups is 1. The molecular formula is C44H52N12O7. The lowest BCUT2D eigenvalue weighted by Gasteiger charge is -2.25. The third kappa shape index (κ3) is 14.3. The number of carbonyl (C=O) groups excluding carboxylic acids is 7. The van der Waals surface area contributed by atoms with Gasteiger partial charge in [0.15, 0.2) is 5.96 Å². The summed E-state index contributed by atoms with van der Waals surface area (Å²) in [6, 6.07) is 18.1. The highest BCUT2D eigenvalue weighted by molar-refractivity contribution is 6.10. The summed E-state index contributed by atoms with van der Waals surface area (Å²) in [4.78, 5) is 100. The molecule has 0 radical (unpaired) electrons. The zero-order valence-electron chi connectivity index (χ0n) is 34.5. The molecule has 0 fully saturated rings. The molecule has 0 bridgehead atoms. The number of nitrogens with one attached hydrogen (secondary N) is 5. The average molecular weight is 861 g/mol. The maximum absolute atomic E-state index is 14.3. The Morgan fingerprint density at radius 2 is 1.29 bits per heavy atom. The zero-order valence-corrected chi connectivity index (χ0v) is 34.5. The molecule has 0 saturated heterocycles. The van der Waals surface area contributed by atoms with Crippen molar-refractivity contribution in [2.75, 3.05) is 11.9 Å². The van der Waals surface area contributed by atoms with Gasteiger partial charge in [0.25, 0.3) is 5.91 Å². The second-order valence-corrected chi connectivity index (χ2v) is 14.4. The molecular weight excluding hydrogens is 809 g/mol. The van der Waals surface area contributed by atoms with Gasteiger partial charge >= 0.3 is 0 Å². The fraction of sp³-hybridized carbons (Fsp3) is 0.250. The molecule has 0 aliphatic rings. The number of hydrogen-bond donors (Lipinski definition) is 10. The first-order chi connectivity index (χ1) is 30.1. The van der Waals surface area contributed by atoms with Gasteiger partial charge in [-0.25, -0.2) is 4.98 Å². The van der Waals surface area contributed by atoms with Crippen LogP contribution in [0.25, 0.3) is 22.2 Å². The van der Waals surface area contributed by atoms with Crippen molar-refractivity contribution < 1.29 is 33.6 Å². The molecule has 19 nitrogen and oxygen atoms in total. The van der Waals surface area contributed by atoms with Crippen LogP contribution in [-0.4, -0.2) is 83.0 Å². The van der Waals surface area contributed by atoms with Gasteiger partial charge in [0.1, 0.15) is 24.2 Å². The number of fused-ring (bicyclic) bond motifs is 1. The van der Waals surface area contributed by atoms with Crippen molar-refractivity contribution in [1.82, 2.24) is 26.3 Å². The SMILES string of the molecule is C=CCc1ccc(-c2cc(Nc3ccccc3)c3cccc(C(=O)N[C@@H](CCCN=C(N)N)C(=O)N[C@@H](CC(N)=O)C(=O)N[C@@H](CC(N)=O)C(=O)N[C@@H](CC=C)C(N)=O)c3n2)cc1. The Balaban J connectivity index is 1.70. The molecule has 15 N–H and O–H groups in total. The standard InChI is InChI=1S/C44H52N12O7/c1-3-10-25-17-19-26(20-18-25)32-22-33(51-27-12-6-5-7-13-27)28-14-8-15-29(38(28)52-32)40(60)54-31(16-9-21-50-44(48)49)41(61)55-35(24-37(46)58)43(63)56-34(23-36(45)57)42(62)53-30(11-4-2)39(47)59/h3-8,12-15,17-20,22,30-31,34-35H,1-2,9-11,16,21,23-24H2,(H2,45,57)(H2,46,58)(H2,47,59)(H,51,52)(H,53,62)(H,54,60)(H,55,61)(H,56,63)(H4,48,49,50)/t30-,31-,34-,35-/m0/s1. The van der Waals surface area contributed by atoms with Gasteiger partial charge in [-0.15, -0.1) is 13.2 Å². The van der Waals surface area contributed by atoms with E-state index in [9.17, 15) is 33.6 Å². The summed E-state index contributed by atoms with van der Waals surface area (Å²) >= 11 is 0. The van der Waals surface area contributed by atoms with Crippen LogP contribution in [0.15, 0.2) is 109 Å². The molecule has 0 saturated carbocycles. The van der Waals surface area contributed by atoms with Crippen LogP contribution in [0.1, 0.15) is 48.0 Å². The van der Waals surface area contributed by atoms with E-state index in [0.29, 0.717) is 28.7 Å². The molecule has 0 spiro atoms. The molecule has 7 amide bonds. The van der Waals surface area contributed by atoms with Crippen molar-refractivity contribution >= 4 is 69.6 Å². The lowest BCUT2D eigenvalue weighted by molar-refractivity contribution is -0.135. The molecule has 4 atom stereocenters. The number of carbonyl (C=O) groups is 7. The predicted octanol–water partition coefficient (Wildman–Crippen LogP) is 0.793. The highest BCUT2D eigenvalue weighted by Gasteiger charge is 2.33. The summed E-state index contributed by atoms with van der Waals surface area (Å²) in [5.74, 6) is -6.91. The number of nitrogens with two attached hydrogens (primary N) is 5. The Kier molecular flexibility index (Phi) is 17.4. The Morgan fingerprint density at radius 1 is 0.683 bits per heavy atom. The van der Waals surface area contributed by atoms with Crippen LogP contribution in [-0.2, 0) is 35.2 Å². The van der Waals surface area contributed by atoms with Crippen LogP contribution in [0.3, 0.4) is 0 Å². The van der Waals surface area contributed by atoms with Crippen molar-refractivity contribution in [3.63, 3.8) is 0 Å². The molecule has 0 aliphatic carbocycles. The van der Waals surface area contributed by atoms with Crippen LogP contribution >= 0.6 is 0 Å². The van der Waals surface area contributed by atoms with Gasteiger partial charge in [-0.2, -0.15) is 0 Å². The molecule has 0 unspecified atom stereocenters. The molecule has 4 aromatic rings. The molecule has 0 aliphatic heterocycles. The smallest absolute Gasteiger partial charge is 0.254 e. The second kappa shape index (κ2) is 23.1. The van der Waals surface area contributed by atoms with E-state index in [1.165, 1.54) is 6.08 Å². The second-order valence-electron chi connectivity index (χ2n) is 14.4. The minimum Gasteiger partial charge on any atom is -0.370 e. The summed E-state index contributed by atoms with van der Waals surface area (Å²) < 4.78 is 0. The topological polar surface area (TPSA) is 335 Å². The highest BCUT2D eigenvalue weighted by Crippen LogP contribution is 2.32. The number of para-hydroxylation sites is 2. The largest absolute Gasteiger partial charge is 0.370 e. The number of primary amides is 3. The van der Waals surface area contributed by atoms with Gasteiger partial charge in [-0.1, -0.05) is 66.7 Å². The number of amides is 7. The highest BCUT2D eigenvalue weighted by atomic mass is 16.2. The summed E-state index contributed by atoms with van der Waals surface area (Å²) in [6.07, 6.45) is 2.33. The van der Waals surface area contributed by atoms with Gasteiger partial charge in [-0.3, -0.25) is 38.6 Å².